The van der Waals surface area contributed by atoms with Gasteiger partial charge in [0.25, 0.3) is 0 Å². The summed E-state index contributed by atoms with van der Waals surface area (Å²) in [6.07, 6.45) is 6.54. The highest BCUT2D eigenvalue weighted by Crippen LogP contribution is 2.31. The molecule has 0 aliphatic heterocycles. The van der Waals surface area contributed by atoms with Crippen LogP contribution in [0.1, 0.15) is 42.6 Å². The molecule has 1 unspecified atom stereocenters. The maximum Gasteiger partial charge on any atom is 0.0688 e. The van der Waals surface area contributed by atoms with Crippen LogP contribution in [0.15, 0.2) is 42.6 Å². The molecule has 1 heterocycles. The van der Waals surface area contributed by atoms with E-state index in [1.54, 1.807) is 0 Å². The molecule has 1 aromatic carbocycles. The predicted octanol–water partition coefficient (Wildman–Crippen LogP) is 4.13. The molecule has 1 aromatic heterocycles. The van der Waals surface area contributed by atoms with E-state index in [-0.39, 0.29) is 0 Å². The Morgan fingerprint density at radius 2 is 2.11 bits per heavy atom. The number of anilines is 1. The molecule has 19 heavy (non-hydrogen) atoms. The van der Waals surface area contributed by atoms with Crippen LogP contribution in [-0.2, 0) is 12.8 Å². The Hall–Kier alpha value is -1.83. The molecule has 1 N–H and O–H groups in total. The fourth-order valence-electron chi connectivity index (χ4n) is 2.91. The van der Waals surface area contributed by atoms with Crippen LogP contribution in [0.2, 0.25) is 0 Å². The summed E-state index contributed by atoms with van der Waals surface area (Å²) in [5.74, 6) is 0. The molecule has 1 atom stereocenters. The van der Waals surface area contributed by atoms with E-state index in [0.717, 1.165) is 12.8 Å². The molecule has 2 nitrogen and oxygen atoms in total. The second kappa shape index (κ2) is 5.43. The van der Waals surface area contributed by atoms with Gasteiger partial charge in [-0.2, -0.15) is 0 Å². The maximum atomic E-state index is 4.59. The summed E-state index contributed by atoms with van der Waals surface area (Å²) < 4.78 is 0. The van der Waals surface area contributed by atoms with Crippen molar-refractivity contribution in [2.75, 3.05) is 5.32 Å². The zero-order valence-corrected chi connectivity index (χ0v) is 11.4. The molecule has 0 spiro atoms. The lowest BCUT2D eigenvalue weighted by Crippen LogP contribution is -2.19. The number of aryl methyl sites for hydroxylation is 2. The fourth-order valence-corrected chi connectivity index (χ4v) is 2.91. The number of fused-ring (bicyclic) bond motifs is 1. The Morgan fingerprint density at radius 3 is 3.00 bits per heavy atom. The van der Waals surface area contributed by atoms with E-state index in [4.69, 9.17) is 0 Å². The molecule has 0 fully saturated rings. The third-order valence-corrected chi connectivity index (χ3v) is 3.92. The first-order chi connectivity index (χ1) is 9.38. The van der Waals surface area contributed by atoms with Crippen LogP contribution in [0.4, 0.5) is 5.69 Å². The summed E-state index contributed by atoms with van der Waals surface area (Å²) in [5, 5.41) is 3.69. The van der Waals surface area contributed by atoms with E-state index in [2.05, 4.69) is 47.6 Å². The first-order valence-electron chi connectivity index (χ1n) is 7.16. The smallest absolute Gasteiger partial charge is 0.0688 e. The molecular weight excluding hydrogens is 232 g/mol. The van der Waals surface area contributed by atoms with E-state index < -0.39 is 0 Å². The molecule has 0 bridgehead atoms. The van der Waals surface area contributed by atoms with Crippen LogP contribution in [0.25, 0.3) is 0 Å². The minimum absolute atomic E-state index is 0.359. The summed E-state index contributed by atoms with van der Waals surface area (Å²) >= 11 is 0. The van der Waals surface area contributed by atoms with E-state index in [9.17, 15) is 0 Å². The Bertz CT molecular complexity index is 563. The first-order valence-corrected chi connectivity index (χ1v) is 7.16. The maximum absolute atomic E-state index is 4.59. The van der Waals surface area contributed by atoms with Crippen molar-refractivity contribution in [2.45, 2.75) is 38.6 Å². The molecule has 98 valence electrons. The topological polar surface area (TPSA) is 24.9 Å². The molecule has 0 radical (unpaired) electrons. The van der Waals surface area contributed by atoms with Crippen molar-refractivity contribution < 1.29 is 0 Å². The monoisotopic (exact) mass is 252 g/mol. The molecule has 3 rings (SSSR count). The first kappa shape index (κ1) is 12.2. The van der Waals surface area contributed by atoms with Gasteiger partial charge in [0.2, 0.25) is 0 Å². The van der Waals surface area contributed by atoms with E-state index in [1.807, 2.05) is 12.3 Å². The van der Waals surface area contributed by atoms with Crippen LogP contribution < -0.4 is 5.32 Å². The van der Waals surface area contributed by atoms with Gasteiger partial charge < -0.3 is 5.32 Å². The normalized spacial score (nSPS) is 17.8. The number of nitrogens with zero attached hydrogens (tertiary/aromatic N) is 1. The molecule has 1 aliphatic rings. The number of pyridine rings is 1. The second-order valence-corrected chi connectivity index (χ2v) is 5.15. The van der Waals surface area contributed by atoms with E-state index >= 15 is 0 Å². The van der Waals surface area contributed by atoms with Crippen molar-refractivity contribution in [3.05, 3.63) is 59.4 Å². The summed E-state index contributed by atoms with van der Waals surface area (Å²) in [5.41, 5.74) is 5.28. The zero-order chi connectivity index (χ0) is 13.1. The van der Waals surface area contributed by atoms with Gasteiger partial charge in [-0.05, 0) is 48.9 Å². The van der Waals surface area contributed by atoms with Gasteiger partial charge in [-0.1, -0.05) is 31.2 Å². The van der Waals surface area contributed by atoms with Crippen molar-refractivity contribution in [2.24, 2.45) is 0 Å². The third kappa shape index (κ3) is 2.48. The SMILES string of the molecule is CCc1ccccc1NC1CCCc2cccnc21. The van der Waals surface area contributed by atoms with E-state index in [0.29, 0.717) is 6.04 Å². The van der Waals surface area contributed by atoms with Crippen molar-refractivity contribution in [3.63, 3.8) is 0 Å². The largest absolute Gasteiger partial charge is 0.376 e. The molecule has 0 saturated heterocycles. The Kier molecular flexibility index (Phi) is 3.49. The molecule has 0 saturated carbocycles. The number of hydrogen-bond acceptors (Lipinski definition) is 2. The number of para-hydroxylation sites is 1. The molecule has 0 amide bonds. The summed E-state index contributed by atoms with van der Waals surface area (Å²) in [4.78, 5) is 4.59. The highest BCUT2D eigenvalue weighted by molar-refractivity contribution is 5.53. The molecule has 2 heteroatoms. The Labute approximate surface area is 114 Å². The van der Waals surface area contributed by atoms with Gasteiger partial charge in [-0.15, -0.1) is 0 Å². The van der Waals surface area contributed by atoms with Gasteiger partial charge in [-0.25, -0.2) is 0 Å². The van der Waals surface area contributed by atoms with Gasteiger partial charge in [0.05, 0.1) is 11.7 Å². The van der Waals surface area contributed by atoms with Crippen LogP contribution >= 0.6 is 0 Å². The van der Waals surface area contributed by atoms with Crippen LogP contribution in [0, 0.1) is 0 Å². The average Bonchev–Trinajstić information content (AvgIpc) is 2.48. The minimum Gasteiger partial charge on any atom is -0.376 e. The van der Waals surface area contributed by atoms with E-state index in [1.165, 1.54) is 35.3 Å². The van der Waals surface area contributed by atoms with Crippen molar-refractivity contribution >= 4 is 5.69 Å². The van der Waals surface area contributed by atoms with Gasteiger partial charge in [0, 0.05) is 11.9 Å². The fraction of sp³-hybridized carbons (Fsp3) is 0.353. The molecular formula is C17H20N2. The summed E-state index contributed by atoms with van der Waals surface area (Å²) in [6.45, 7) is 2.20. The molecule has 1 aliphatic carbocycles. The standard InChI is InChI=1S/C17H20N2/c1-2-13-7-3-4-10-15(13)19-16-11-5-8-14-9-6-12-18-17(14)16/h3-4,6-7,9-10,12,16,19H,2,5,8,11H2,1H3. The number of rotatable bonds is 3. The Morgan fingerprint density at radius 1 is 1.21 bits per heavy atom. The highest BCUT2D eigenvalue weighted by Gasteiger charge is 2.21. The predicted molar refractivity (Wildman–Crippen MR) is 79.4 cm³/mol. The van der Waals surface area contributed by atoms with Crippen LogP contribution in [-0.4, -0.2) is 4.98 Å². The third-order valence-electron chi connectivity index (χ3n) is 3.92. The van der Waals surface area contributed by atoms with Crippen LogP contribution in [0.5, 0.6) is 0 Å². The number of benzene rings is 1. The van der Waals surface area contributed by atoms with Crippen molar-refractivity contribution in [1.82, 2.24) is 4.98 Å². The van der Waals surface area contributed by atoms with Gasteiger partial charge >= 0.3 is 0 Å². The lowest BCUT2D eigenvalue weighted by molar-refractivity contribution is 0.583. The number of hydrogen-bond donors (Lipinski definition) is 1. The quantitative estimate of drug-likeness (QED) is 0.888. The van der Waals surface area contributed by atoms with Crippen molar-refractivity contribution in [3.8, 4) is 0 Å². The average molecular weight is 252 g/mol. The van der Waals surface area contributed by atoms with Crippen LogP contribution in [0.3, 0.4) is 0 Å². The number of nitrogens with one attached hydrogen (secondary N) is 1. The lowest BCUT2D eigenvalue weighted by atomic mass is 9.91. The van der Waals surface area contributed by atoms with Crippen molar-refractivity contribution in [1.29, 1.82) is 0 Å². The second-order valence-electron chi connectivity index (χ2n) is 5.15. The summed E-state index contributed by atoms with van der Waals surface area (Å²) in [6, 6.07) is 13.2. The summed E-state index contributed by atoms with van der Waals surface area (Å²) in [7, 11) is 0. The highest BCUT2D eigenvalue weighted by atomic mass is 15.0. The van der Waals surface area contributed by atoms with Gasteiger partial charge in [0.15, 0.2) is 0 Å². The minimum atomic E-state index is 0.359. The molecule has 2 aromatic rings. The lowest BCUT2D eigenvalue weighted by Gasteiger charge is -2.27. The zero-order valence-electron chi connectivity index (χ0n) is 11.4. The van der Waals surface area contributed by atoms with Gasteiger partial charge in [-0.3, -0.25) is 4.98 Å². The number of aromatic nitrogens is 1. The Balaban J connectivity index is 1.88. The van der Waals surface area contributed by atoms with Gasteiger partial charge in [0.1, 0.15) is 0 Å².